The molecule has 0 spiro atoms. The van der Waals surface area contributed by atoms with Crippen LogP contribution in [-0.4, -0.2) is 43.1 Å². The van der Waals surface area contributed by atoms with Gasteiger partial charge in [0.1, 0.15) is 4.21 Å². The first kappa shape index (κ1) is 16.6. The third-order valence-corrected chi connectivity index (χ3v) is 6.07. The van der Waals surface area contributed by atoms with Gasteiger partial charge in [-0.15, -0.1) is 11.3 Å². The van der Waals surface area contributed by atoms with Gasteiger partial charge >= 0.3 is 0 Å². The van der Waals surface area contributed by atoms with E-state index in [9.17, 15) is 13.5 Å². The third-order valence-electron chi connectivity index (χ3n) is 2.54. The number of hydrogen-bond acceptors (Lipinski definition) is 5. The average Bonchev–Trinajstić information content (AvgIpc) is 2.74. The van der Waals surface area contributed by atoms with E-state index in [1.807, 2.05) is 0 Å². The van der Waals surface area contributed by atoms with Crippen LogP contribution in [0.1, 0.15) is 25.6 Å². The average molecular weight is 306 g/mol. The number of rotatable bonds is 7. The minimum Gasteiger partial charge on any atom is -0.389 e. The summed E-state index contributed by atoms with van der Waals surface area (Å²) in [5.74, 6) is 0. The highest BCUT2D eigenvalue weighted by atomic mass is 32.2. The highest BCUT2D eigenvalue weighted by Gasteiger charge is 2.29. The van der Waals surface area contributed by atoms with Crippen molar-refractivity contribution < 1.29 is 13.5 Å². The molecule has 0 aromatic carbocycles. The van der Waals surface area contributed by atoms with Crippen LogP contribution in [0, 0.1) is 0 Å². The van der Waals surface area contributed by atoms with Gasteiger partial charge in [-0.2, -0.15) is 4.31 Å². The maximum absolute atomic E-state index is 12.5. The summed E-state index contributed by atoms with van der Waals surface area (Å²) in [6.07, 6.45) is 0.678. The summed E-state index contributed by atoms with van der Waals surface area (Å²) in [4.78, 5) is 0.959. The lowest BCUT2D eigenvalue weighted by Crippen LogP contribution is -2.41. The van der Waals surface area contributed by atoms with Crippen molar-refractivity contribution in [2.45, 2.75) is 37.0 Å². The Labute approximate surface area is 119 Å². The molecule has 3 N–H and O–H groups in total. The fraction of sp³-hybridized carbons (Fsp3) is 0.667. The molecule has 0 unspecified atom stereocenters. The van der Waals surface area contributed by atoms with Crippen LogP contribution in [0.25, 0.3) is 0 Å². The van der Waals surface area contributed by atoms with Crippen LogP contribution >= 0.6 is 11.3 Å². The molecule has 0 aliphatic carbocycles. The SMILES string of the molecule is CCN(CC(C)(C)O)S(=O)(=O)c1ccc(CCN)s1. The Kier molecular flexibility index (Phi) is 5.52. The lowest BCUT2D eigenvalue weighted by Gasteiger charge is -2.26. The summed E-state index contributed by atoms with van der Waals surface area (Å²) in [6, 6.07) is 3.40. The number of hydrogen-bond donors (Lipinski definition) is 2. The Morgan fingerprint density at radius 2 is 2.05 bits per heavy atom. The molecular weight excluding hydrogens is 284 g/mol. The molecule has 19 heavy (non-hydrogen) atoms. The number of thiophene rings is 1. The molecule has 0 saturated carbocycles. The van der Waals surface area contributed by atoms with Gasteiger partial charge in [-0.3, -0.25) is 0 Å². The first-order chi connectivity index (χ1) is 8.70. The van der Waals surface area contributed by atoms with Crippen molar-refractivity contribution in [1.29, 1.82) is 0 Å². The van der Waals surface area contributed by atoms with E-state index in [0.717, 1.165) is 4.88 Å². The van der Waals surface area contributed by atoms with E-state index in [-0.39, 0.29) is 6.54 Å². The highest BCUT2D eigenvalue weighted by molar-refractivity contribution is 7.91. The van der Waals surface area contributed by atoms with Gasteiger partial charge in [0.05, 0.1) is 5.60 Å². The number of likely N-dealkylation sites (N-methyl/N-ethyl adjacent to an activating group) is 1. The molecule has 5 nitrogen and oxygen atoms in total. The van der Waals surface area contributed by atoms with Gasteiger partial charge in [0.2, 0.25) is 0 Å². The number of nitrogens with two attached hydrogens (primary N) is 1. The predicted octanol–water partition coefficient (Wildman–Crippen LogP) is 1.03. The maximum atomic E-state index is 12.5. The predicted molar refractivity (Wildman–Crippen MR) is 77.8 cm³/mol. The molecule has 1 rings (SSSR count). The first-order valence-corrected chi connectivity index (χ1v) is 8.47. The molecule has 1 aromatic rings. The molecule has 0 saturated heterocycles. The fourth-order valence-electron chi connectivity index (χ4n) is 1.70. The Hall–Kier alpha value is -0.470. The van der Waals surface area contributed by atoms with E-state index in [1.165, 1.54) is 15.6 Å². The second kappa shape index (κ2) is 6.32. The van der Waals surface area contributed by atoms with E-state index in [0.29, 0.717) is 23.7 Å². The van der Waals surface area contributed by atoms with Crippen molar-refractivity contribution in [3.05, 3.63) is 17.0 Å². The molecule has 7 heteroatoms. The van der Waals surface area contributed by atoms with Gasteiger partial charge in [-0.05, 0) is 38.9 Å². The van der Waals surface area contributed by atoms with Crippen molar-refractivity contribution >= 4 is 21.4 Å². The second-order valence-corrected chi connectivity index (χ2v) is 8.34. The Morgan fingerprint density at radius 3 is 2.53 bits per heavy atom. The van der Waals surface area contributed by atoms with Gasteiger partial charge in [-0.25, -0.2) is 8.42 Å². The minimum atomic E-state index is -3.53. The minimum absolute atomic E-state index is 0.0793. The summed E-state index contributed by atoms with van der Waals surface area (Å²) in [6.45, 7) is 5.87. The summed E-state index contributed by atoms with van der Waals surface area (Å²) in [5, 5.41) is 9.80. The summed E-state index contributed by atoms with van der Waals surface area (Å²) < 4.78 is 26.5. The van der Waals surface area contributed by atoms with Crippen molar-refractivity contribution in [3.8, 4) is 0 Å². The van der Waals surface area contributed by atoms with Crippen LogP contribution in [-0.2, 0) is 16.4 Å². The van der Waals surface area contributed by atoms with Crippen LogP contribution in [0.4, 0.5) is 0 Å². The second-order valence-electron chi connectivity index (χ2n) is 5.00. The van der Waals surface area contributed by atoms with E-state index in [1.54, 1.807) is 32.9 Å². The zero-order chi connectivity index (χ0) is 14.7. The maximum Gasteiger partial charge on any atom is 0.252 e. The first-order valence-electron chi connectivity index (χ1n) is 6.22. The molecule has 0 aliphatic heterocycles. The monoisotopic (exact) mass is 306 g/mol. The van der Waals surface area contributed by atoms with Crippen molar-refractivity contribution in [3.63, 3.8) is 0 Å². The topological polar surface area (TPSA) is 83.6 Å². The fourth-order valence-corrected chi connectivity index (χ4v) is 4.83. The molecule has 0 atom stereocenters. The molecule has 0 radical (unpaired) electrons. The van der Waals surface area contributed by atoms with Crippen LogP contribution < -0.4 is 5.73 Å². The third kappa shape index (κ3) is 4.54. The van der Waals surface area contributed by atoms with Crippen LogP contribution in [0.5, 0.6) is 0 Å². The zero-order valence-electron chi connectivity index (χ0n) is 11.6. The van der Waals surface area contributed by atoms with E-state index >= 15 is 0 Å². The van der Waals surface area contributed by atoms with Gasteiger partial charge in [0, 0.05) is 18.0 Å². The Balaban J connectivity index is 2.99. The lowest BCUT2D eigenvalue weighted by molar-refractivity contribution is 0.0602. The molecule has 0 bridgehead atoms. The summed E-state index contributed by atoms with van der Waals surface area (Å²) in [7, 11) is -3.53. The molecule has 0 amide bonds. The van der Waals surface area contributed by atoms with Crippen LogP contribution in [0.15, 0.2) is 16.3 Å². The molecular formula is C12H22N2O3S2. The zero-order valence-corrected chi connectivity index (χ0v) is 13.2. The smallest absolute Gasteiger partial charge is 0.252 e. The van der Waals surface area contributed by atoms with E-state index in [4.69, 9.17) is 5.73 Å². The van der Waals surface area contributed by atoms with Crippen LogP contribution in [0.2, 0.25) is 0 Å². The number of nitrogens with zero attached hydrogens (tertiary/aromatic N) is 1. The largest absolute Gasteiger partial charge is 0.389 e. The van der Waals surface area contributed by atoms with Gasteiger partial charge in [0.15, 0.2) is 0 Å². The number of sulfonamides is 1. The Morgan fingerprint density at radius 1 is 1.42 bits per heavy atom. The quantitative estimate of drug-likeness (QED) is 0.788. The van der Waals surface area contributed by atoms with Gasteiger partial charge in [0.25, 0.3) is 10.0 Å². The molecule has 1 aromatic heterocycles. The summed E-state index contributed by atoms with van der Waals surface area (Å²) >= 11 is 1.24. The normalized spacial score (nSPS) is 13.2. The highest BCUT2D eigenvalue weighted by Crippen LogP contribution is 2.26. The van der Waals surface area contributed by atoms with Crippen molar-refractivity contribution in [2.24, 2.45) is 5.73 Å². The van der Waals surface area contributed by atoms with E-state index < -0.39 is 15.6 Å². The molecule has 1 heterocycles. The van der Waals surface area contributed by atoms with Crippen LogP contribution in [0.3, 0.4) is 0 Å². The van der Waals surface area contributed by atoms with E-state index in [2.05, 4.69) is 0 Å². The number of aliphatic hydroxyl groups is 1. The Bertz CT molecular complexity index is 503. The van der Waals surface area contributed by atoms with Crippen molar-refractivity contribution in [2.75, 3.05) is 19.6 Å². The summed E-state index contributed by atoms with van der Waals surface area (Å²) in [5.41, 5.74) is 4.41. The molecule has 110 valence electrons. The molecule has 0 fully saturated rings. The van der Waals surface area contributed by atoms with Crippen molar-refractivity contribution in [1.82, 2.24) is 4.31 Å². The molecule has 0 aliphatic rings. The van der Waals surface area contributed by atoms with Gasteiger partial charge < -0.3 is 10.8 Å². The van der Waals surface area contributed by atoms with Gasteiger partial charge in [-0.1, -0.05) is 6.92 Å². The lowest BCUT2D eigenvalue weighted by atomic mass is 10.1. The standard InChI is InChI=1S/C12H22N2O3S2/c1-4-14(9-12(2,3)15)19(16,17)11-6-5-10(18-11)7-8-13/h5-6,15H,4,7-9,13H2,1-3H3.